The van der Waals surface area contributed by atoms with E-state index in [-0.39, 0.29) is 23.5 Å². The number of piperidine rings is 1. The first kappa shape index (κ1) is 18.7. The minimum Gasteiger partial charge on any atom is -0.341 e. The quantitative estimate of drug-likeness (QED) is 0.821. The SMILES string of the molecule is CSCC[C@H](N)C(=O)N1CCC(C(=O)Nc2ccc(F)cc2)CC1. The molecule has 1 atom stereocenters. The predicted octanol–water partition coefficient (Wildman–Crippen LogP) is 2.08. The Bertz CT molecular complexity index is 559. The summed E-state index contributed by atoms with van der Waals surface area (Å²) in [6.45, 7) is 1.10. The van der Waals surface area contributed by atoms with Crippen LogP contribution in [0.1, 0.15) is 19.3 Å². The van der Waals surface area contributed by atoms with Crippen LogP contribution in [0.4, 0.5) is 10.1 Å². The molecule has 1 aliphatic heterocycles. The van der Waals surface area contributed by atoms with Gasteiger partial charge >= 0.3 is 0 Å². The number of amides is 2. The highest BCUT2D eigenvalue weighted by molar-refractivity contribution is 7.98. The lowest BCUT2D eigenvalue weighted by atomic mass is 9.95. The first-order valence-corrected chi connectivity index (χ1v) is 9.50. The number of hydrogen-bond acceptors (Lipinski definition) is 4. The lowest BCUT2D eigenvalue weighted by Crippen LogP contribution is -2.48. The Morgan fingerprint density at radius 3 is 2.54 bits per heavy atom. The van der Waals surface area contributed by atoms with Crippen LogP contribution in [0.5, 0.6) is 0 Å². The molecule has 24 heavy (non-hydrogen) atoms. The molecule has 1 aromatic carbocycles. The van der Waals surface area contributed by atoms with E-state index in [0.29, 0.717) is 38.0 Å². The molecule has 0 saturated carbocycles. The summed E-state index contributed by atoms with van der Waals surface area (Å²) in [4.78, 5) is 26.3. The second-order valence-electron chi connectivity index (χ2n) is 5.98. The van der Waals surface area contributed by atoms with Gasteiger partial charge in [0.15, 0.2) is 0 Å². The molecule has 0 unspecified atom stereocenters. The van der Waals surface area contributed by atoms with Crippen molar-refractivity contribution in [3.05, 3.63) is 30.1 Å². The predicted molar refractivity (Wildman–Crippen MR) is 95.3 cm³/mol. The number of likely N-dealkylation sites (tertiary alicyclic amines) is 1. The number of carbonyl (C=O) groups excluding carboxylic acids is 2. The average Bonchev–Trinajstić information content (AvgIpc) is 2.61. The van der Waals surface area contributed by atoms with Crippen molar-refractivity contribution in [3.8, 4) is 0 Å². The highest BCUT2D eigenvalue weighted by atomic mass is 32.2. The third kappa shape index (κ3) is 5.21. The standard InChI is InChI=1S/C17H24FN3O2S/c1-24-11-8-15(19)17(23)21-9-6-12(7-10-21)16(22)20-14-4-2-13(18)3-5-14/h2-5,12,15H,6-11,19H2,1H3,(H,20,22)/t15-/m0/s1. The van der Waals surface area contributed by atoms with Crippen LogP contribution in [-0.4, -0.2) is 47.9 Å². The number of halogens is 1. The molecule has 1 heterocycles. The van der Waals surface area contributed by atoms with Crippen molar-refractivity contribution in [1.82, 2.24) is 4.90 Å². The summed E-state index contributed by atoms with van der Waals surface area (Å²) in [6, 6.07) is 5.24. The molecule has 0 spiro atoms. The molecule has 1 saturated heterocycles. The van der Waals surface area contributed by atoms with Crippen molar-refractivity contribution in [2.24, 2.45) is 11.7 Å². The lowest BCUT2D eigenvalue weighted by Gasteiger charge is -2.33. The van der Waals surface area contributed by atoms with E-state index in [4.69, 9.17) is 5.73 Å². The van der Waals surface area contributed by atoms with Gasteiger partial charge < -0.3 is 16.0 Å². The first-order chi connectivity index (χ1) is 11.5. The van der Waals surface area contributed by atoms with Crippen molar-refractivity contribution in [3.63, 3.8) is 0 Å². The summed E-state index contributed by atoms with van der Waals surface area (Å²) < 4.78 is 12.9. The molecule has 1 fully saturated rings. The molecule has 7 heteroatoms. The second kappa shape index (κ2) is 9.03. The van der Waals surface area contributed by atoms with Gasteiger partial charge in [-0.3, -0.25) is 9.59 Å². The molecule has 3 N–H and O–H groups in total. The molecule has 0 radical (unpaired) electrons. The van der Waals surface area contributed by atoms with Crippen LogP contribution in [0, 0.1) is 11.7 Å². The van der Waals surface area contributed by atoms with Crippen molar-refractivity contribution in [1.29, 1.82) is 0 Å². The van der Waals surface area contributed by atoms with Gasteiger partial charge in [0.05, 0.1) is 6.04 Å². The van der Waals surface area contributed by atoms with Gasteiger partial charge in [0, 0.05) is 24.7 Å². The molecule has 2 amide bonds. The molecule has 0 aliphatic carbocycles. The Hall–Kier alpha value is -1.60. The number of rotatable bonds is 6. The fourth-order valence-corrected chi connectivity index (χ4v) is 3.23. The molecule has 5 nitrogen and oxygen atoms in total. The summed E-state index contributed by atoms with van der Waals surface area (Å²) in [5, 5.41) is 2.80. The third-order valence-electron chi connectivity index (χ3n) is 4.24. The summed E-state index contributed by atoms with van der Waals surface area (Å²) in [5.41, 5.74) is 6.51. The zero-order chi connectivity index (χ0) is 17.5. The van der Waals surface area contributed by atoms with Crippen molar-refractivity contribution in [2.75, 3.05) is 30.4 Å². The molecular weight excluding hydrogens is 329 g/mol. The van der Waals surface area contributed by atoms with Gasteiger partial charge in [-0.25, -0.2) is 4.39 Å². The van der Waals surface area contributed by atoms with E-state index in [1.807, 2.05) is 6.26 Å². The van der Waals surface area contributed by atoms with Gasteiger partial charge in [-0.1, -0.05) is 0 Å². The number of nitrogens with two attached hydrogens (primary N) is 1. The molecule has 1 aromatic rings. The van der Waals surface area contributed by atoms with Crippen LogP contribution in [0.3, 0.4) is 0 Å². The Labute approximate surface area is 146 Å². The Morgan fingerprint density at radius 2 is 1.96 bits per heavy atom. The molecular formula is C17H24FN3O2S. The smallest absolute Gasteiger partial charge is 0.239 e. The Balaban J connectivity index is 1.80. The minimum atomic E-state index is -0.456. The van der Waals surface area contributed by atoms with Gasteiger partial charge in [0.1, 0.15) is 5.82 Å². The summed E-state index contributed by atoms with van der Waals surface area (Å²) >= 11 is 1.67. The fourth-order valence-electron chi connectivity index (χ4n) is 2.74. The number of benzene rings is 1. The molecule has 0 bridgehead atoms. The third-order valence-corrected chi connectivity index (χ3v) is 4.88. The van der Waals surface area contributed by atoms with Crippen LogP contribution >= 0.6 is 11.8 Å². The average molecular weight is 353 g/mol. The maximum atomic E-state index is 12.9. The van der Waals surface area contributed by atoms with Gasteiger partial charge in [-0.15, -0.1) is 0 Å². The first-order valence-electron chi connectivity index (χ1n) is 8.11. The number of hydrogen-bond donors (Lipinski definition) is 2. The molecule has 2 rings (SSSR count). The van der Waals surface area contributed by atoms with Gasteiger partial charge in [-0.2, -0.15) is 11.8 Å². The lowest BCUT2D eigenvalue weighted by molar-refractivity contribution is -0.135. The van der Waals surface area contributed by atoms with Crippen molar-refractivity contribution < 1.29 is 14.0 Å². The van der Waals surface area contributed by atoms with Crippen LogP contribution in [0.2, 0.25) is 0 Å². The van der Waals surface area contributed by atoms with Crippen LogP contribution in [0.15, 0.2) is 24.3 Å². The van der Waals surface area contributed by atoms with E-state index < -0.39 is 6.04 Å². The zero-order valence-electron chi connectivity index (χ0n) is 13.8. The second-order valence-corrected chi connectivity index (χ2v) is 6.97. The van der Waals surface area contributed by atoms with Gasteiger partial charge in [0.2, 0.25) is 11.8 Å². The van der Waals surface area contributed by atoms with Gasteiger partial charge in [0.25, 0.3) is 0 Å². The molecule has 0 aromatic heterocycles. The normalized spacial score (nSPS) is 16.7. The van der Waals surface area contributed by atoms with E-state index in [9.17, 15) is 14.0 Å². The number of nitrogens with one attached hydrogen (secondary N) is 1. The van der Waals surface area contributed by atoms with Gasteiger partial charge in [-0.05, 0) is 55.5 Å². The van der Waals surface area contributed by atoms with Crippen molar-refractivity contribution in [2.45, 2.75) is 25.3 Å². The van der Waals surface area contributed by atoms with Crippen LogP contribution < -0.4 is 11.1 Å². The molecule has 1 aliphatic rings. The van der Waals surface area contributed by atoms with E-state index in [0.717, 1.165) is 5.75 Å². The fraction of sp³-hybridized carbons (Fsp3) is 0.529. The topological polar surface area (TPSA) is 75.4 Å². The van der Waals surface area contributed by atoms with Crippen LogP contribution in [-0.2, 0) is 9.59 Å². The van der Waals surface area contributed by atoms with E-state index in [2.05, 4.69) is 5.32 Å². The minimum absolute atomic E-state index is 0.0264. The summed E-state index contributed by atoms with van der Waals surface area (Å²) in [6.07, 6.45) is 3.90. The van der Waals surface area contributed by atoms with E-state index in [1.165, 1.54) is 24.3 Å². The number of carbonyl (C=O) groups is 2. The van der Waals surface area contributed by atoms with Crippen LogP contribution in [0.25, 0.3) is 0 Å². The summed E-state index contributed by atoms with van der Waals surface area (Å²) in [7, 11) is 0. The maximum Gasteiger partial charge on any atom is 0.239 e. The zero-order valence-corrected chi connectivity index (χ0v) is 14.7. The molecule has 132 valence electrons. The summed E-state index contributed by atoms with van der Waals surface area (Å²) in [5.74, 6) is 0.282. The Morgan fingerprint density at radius 1 is 1.33 bits per heavy atom. The number of nitrogens with zero attached hydrogens (tertiary/aromatic N) is 1. The number of anilines is 1. The van der Waals surface area contributed by atoms with E-state index >= 15 is 0 Å². The maximum absolute atomic E-state index is 12.9. The highest BCUT2D eigenvalue weighted by Crippen LogP contribution is 2.20. The highest BCUT2D eigenvalue weighted by Gasteiger charge is 2.29. The number of thioether (sulfide) groups is 1. The largest absolute Gasteiger partial charge is 0.341 e. The Kier molecular flexibility index (Phi) is 7.05. The monoisotopic (exact) mass is 353 g/mol. The van der Waals surface area contributed by atoms with E-state index in [1.54, 1.807) is 16.7 Å². The van der Waals surface area contributed by atoms with Crippen molar-refractivity contribution >= 4 is 29.3 Å².